The van der Waals surface area contributed by atoms with Gasteiger partial charge in [0.15, 0.2) is 5.16 Å². The molecular weight excluding hydrogens is 386 g/mol. The lowest BCUT2D eigenvalue weighted by Gasteiger charge is -2.18. The zero-order valence-corrected chi connectivity index (χ0v) is 16.9. The summed E-state index contributed by atoms with van der Waals surface area (Å²) in [6, 6.07) is 11.3. The lowest BCUT2D eigenvalue weighted by molar-refractivity contribution is -0.119. The number of nitrogens with zero attached hydrogens (tertiary/aromatic N) is 2. The third-order valence-electron chi connectivity index (χ3n) is 5.64. The van der Waals surface area contributed by atoms with Crippen molar-refractivity contribution in [2.75, 3.05) is 5.75 Å². The zero-order chi connectivity index (χ0) is 19.8. The van der Waals surface area contributed by atoms with Gasteiger partial charge >= 0.3 is 0 Å². The SMILES string of the molecule is O=C(CSc1nc2ccccc2c(=O)n1Cc1ccco1)NC(C1CC1)C1CC1. The molecule has 2 heterocycles. The maximum atomic E-state index is 13.1. The fourth-order valence-corrected chi connectivity index (χ4v) is 4.65. The van der Waals surface area contributed by atoms with E-state index >= 15 is 0 Å². The lowest BCUT2D eigenvalue weighted by Crippen LogP contribution is -2.39. The molecule has 0 radical (unpaired) electrons. The van der Waals surface area contributed by atoms with Crippen LogP contribution in [0.5, 0.6) is 0 Å². The Kier molecular flexibility index (Phi) is 4.91. The summed E-state index contributed by atoms with van der Waals surface area (Å²) in [5, 5.41) is 4.34. The monoisotopic (exact) mass is 409 g/mol. The molecule has 0 atom stereocenters. The summed E-state index contributed by atoms with van der Waals surface area (Å²) in [4.78, 5) is 30.3. The maximum absolute atomic E-state index is 13.1. The van der Waals surface area contributed by atoms with Crippen LogP contribution in [0.3, 0.4) is 0 Å². The summed E-state index contributed by atoms with van der Waals surface area (Å²) in [5.41, 5.74) is 0.522. The molecule has 6 nitrogen and oxygen atoms in total. The minimum atomic E-state index is -0.122. The topological polar surface area (TPSA) is 77.1 Å². The fraction of sp³-hybridized carbons (Fsp3) is 0.409. The highest BCUT2D eigenvalue weighted by Crippen LogP contribution is 2.44. The Hall–Kier alpha value is -2.54. The van der Waals surface area contributed by atoms with Crippen LogP contribution in [0.25, 0.3) is 10.9 Å². The molecule has 0 aliphatic heterocycles. The van der Waals surface area contributed by atoms with Crippen LogP contribution in [-0.2, 0) is 11.3 Å². The highest BCUT2D eigenvalue weighted by Gasteiger charge is 2.42. The van der Waals surface area contributed by atoms with Crippen molar-refractivity contribution in [3.05, 3.63) is 58.8 Å². The molecule has 0 spiro atoms. The van der Waals surface area contributed by atoms with Crippen LogP contribution in [-0.4, -0.2) is 27.3 Å². The summed E-state index contributed by atoms with van der Waals surface area (Å²) < 4.78 is 7.02. The number of amides is 1. The van der Waals surface area contributed by atoms with Gasteiger partial charge in [-0.3, -0.25) is 14.2 Å². The van der Waals surface area contributed by atoms with Gasteiger partial charge < -0.3 is 9.73 Å². The number of fused-ring (bicyclic) bond motifs is 1. The van der Waals surface area contributed by atoms with Gasteiger partial charge in [-0.15, -0.1) is 0 Å². The van der Waals surface area contributed by atoms with Crippen molar-refractivity contribution in [3.8, 4) is 0 Å². The number of carbonyl (C=O) groups excluding carboxylic acids is 1. The number of hydrogen-bond donors (Lipinski definition) is 1. The first kappa shape index (κ1) is 18.5. The Labute approximate surface area is 172 Å². The number of hydrogen-bond acceptors (Lipinski definition) is 5. The average molecular weight is 410 g/mol. The van der Waals surface area contributed by atoms with Crippen molar-refractivity contribution in [2.45, 2.75) is 43.4 Å². The van der Waals surface area contributed by atoms with E-state index in [2.05, 4.69) is 10.3 Å². The van der Waals surface area contributed by atoms with E-state index in [0.29, 0.717) is 46.2 Å². The predicted octanol–water partition coefficient (Wildman–Crippen LogP) is 3.43. The van der Waals surface area contributed by atoms with Crippen molar-refractivity contribution >= 4 is 28.6 Å². The highest BCUT2D eigenvalue weighted by molar-refractivity contribution is 7.99. The molecule has 1 aromatic carbocycles. The van der Waals surface area contributed by atoms with Crippen molar-refractivity contribution in [3.63, 3.8) is 0 Å². The van der Waals surface area contributed by atoms with Gasteiger partial charge in [-0.05, 0) is 61.8 Å². The Bertz CT molecular complexity index is 1070. The van der Waals surface area contributed by atoms with Crippen LogP contribution in [0.4, 0.5) is 0 Å². The minimum Gasteiger partial charge on any atom is -0.467 e. The molecule has 7 heteroatoms. The second-order valence-electron chi connectivity index (χ2n) is 7.94. The number of nitrogens with one attached hydrogen (secondary N) is 1. The first-order valence-electron chi connectivity index (χ1n) is 10.1. The molecule has 0 unspecified atom stereocenters. The summed E-state index contributed by atoms with van der Waals surface area (Å²) in [7, 11) is 0. The first-order chi connectivity index (χ1) is 14.2. The van der Waals surface area contributed by atoms with Crippen LogP contribution in [0.2, 0.25) is 0 Å². The van der Waals surface area contributed by atoms with Gasteiger partial charge in [-0.1, -0.05) is 23.9 Å². The Morgan fingerprint density at radius 1 is 1.17 bits per heavy atom. The van der Waals surface area contributed by atoms with E-state index in [0.717, 1.165) is 0 Å². The van der Waals surface area contributed by atoms with Gasteiger partial charge in [0.25, 0.3) is 5.56 Å². The van der Waals surface area contributed by atoms with Crippen LogP contribution >= 0.6 is 11.8 Å². The third-order valence-corrected chi connectivity index (χ3v) is 6.62. The molecule has 2 aromatic heterocycles. The molecule has 2 aliphatic rings. The molecule has 3 aromatic rings. The second kappa shape index (κ2) is 7.71. The third kappa shape index (κ3) is 4.10. The molecular formula is C22H23N3O3S. The molecule has 2 fully saturated rings. The number of para-hydroxylation sites is 1. The number of furan rings is 1. The fourth-order valence-electron chi connectivity index (χ4n) is 3.84. The maximum Gasteiger partial charge on any atom is 0.262 e. The molecule has 29 heavy (non-hydrogen) atoms. The smallest absolute Gasteiger partial charge is 0.262 e. The first-order valence-corrected chi connectivity index (χ1v) is 11.1. The number of thioether (sulfide) groups is 1. The van der Waals surface area contributed by atoms with E-state index in [-0.39, 0.29) is 17.2 Å². The van der Waals surface area contributed by atoms with Gasteiger partial charge in [-0.25, -0.2) is 4.98 Å². The Balaban J connectivity index is 1.37. The van der Waals surface area contributed by atoms with E-state index < -0.39 is 0 Å². The summed E-state index contributed by atoms with van der Waals surface area (Å²) >= 11 is 1.31. The Morgan fingerprint density at radius 2 is 1.93 bits per heavy atom. The van der Waals surface area contributed by atoms with Gasteiger partial charge in [0.2, 0.25) is 5.91 Å². The number of aromatic nitrogens is 2. The molecule has 1 N–H and O–H groups in total. The van der Waals surface area contributed by atoms with Crippen LogP contribution in [0, 0.1) is 11.8 Å². The van der Waals surface area contributed by atoms with E-state index in [9.17, 15) is 9.59 Å². The summed E-state index contributed by atoms with van der Waals surface area (Å²) in [6.07, 6.45) is 6.49. The summed E-state index contributed by atoms with van der Waals surface area (Å²) in [5.74, 6) is 2.27. The largest absolute Gasteiger partial charge is 0.467 e. The molecule has 150 valence electrons. The van der Waals surface area contributed by atoms with E-state index in [4.69, 9.17) is 4.42 Å². The highest BCUT2D eigenvalue weighted by atomic mass is 32.2. The lowest BCUT2D eigenvalue weighted by atomic mass is 10.1. The molecule has 1 amide bonds. The van der Waals surface area contributed by atoms with Crippen molar-refractivity contribution in [1.82, 2.24) is 14.9 Å². The van der Waals surface area contributed by atoms with Gasteiger partial charge in [-0.2, -0.15) is 0 Å². The second-order valence-corrected chi connectivity index (χ2v) is 8.88. The predicted molar refractivity (Wildman–Crippen MR) is 112 cm³/mol. The van der Waals surface area contributed by atoms with E-state index in [1.165, 1.54) is 37.4 Å². The van der Waals surface area contributed by atoms with E-state index in [1.807, 2.05) is 24.3 Å². The molecule has 2 saturated carbocycles. The van der Waals surface area contributed by atoms with E-state index in [1.54, 1.807) is 23.0 Å². The van der Waals surface area contributed by atoms with Gasteiger partial charge in [0.1, 0.15) is 5.76 Å². The molecule has 5 rings (SSSR count). The van der Waals surface area contributed by atoms with Gasteiger partial charge in [0.05, 0.1) is 29.5 Å². The Morgan fingerprint density at radius 3 is 2.62 bits per heavy atom. The minimum absolute atomic E-state index is 0.0192. The average Bonchev–Trinajstić information content (AvgIpc) is 3.66. The van der Waals surface area contributed by atoms with Crippen molar-refractivity contribution in [2.24, 2.45) is 11.8 Å². The van der Waals surface area contributed by atoms with Crippen molar-refractivity contribution in [1.29, 1.82) is 0 Å². The number of benzene rings is 1. The zero-order valence-electron chi connectivity index (χ0n) is 16.0. The number of carbonyl (C=O) groups is 1. The quantitative estimate of drug-likeness (QED) is 0.456. The van der Waals surface area contributed by atoms with Crippen molar-refractivity contribution < 1.29 is 9.21 Å². The normalized spacial score (nSPS) is 16.4. The standard InChI is InChI=1S/C22H23N3O3S/c26-19(24-20(14-7-8-14)15-9-10-15)13-29-22-23-18-6-2-1-5-17(18)21(27)25(22)12-16-4-3-11-28-16/h1-6,11,14-15,20H,7-10,12-13H2,(H,24,26). The summed E-state index contributed by atoms with van der Waals surface area (Å²) in [6.45, 7) is 0.292. The molecule has 0 saturated heterocycles. The van der Waals surface area contributed by atoms with Crippen LogP contribution in [0.15, 0.2) is 57.0 Å². The number of rotatable bonds is 8. The van der Waals surface area contributed by atoms with Crippen LogP contribution < -0.4 is 10.9 Å². The molecule has 2 aliphatic carbocycles. The van der Waals surface area contributed by atoms with Gasteiger partial charge in [0, 0.05) is 6.04 Å². The van der Waals surface area contributed by atoms with Crippen LogP contribution in [0.1, 0.15) is 31.4 Å². The molecule has 0 bridgehead atoms.